The zero-order valence-corrected chi connectivity index (χ0v) is 8.74. The normalized spacial score (nSPS) is 12.4. The van der Waals surface area contributed by atoms with Crippen LogP contribution in [0, 0.1) is 17.6 Å². The fraction of sp³-hybridized carbons (Fsp3) is 0.364. The van der Waals surface area contributed by atoms with Crippen LogP contribution in [0.3, 0.4) is 0 Å². The molecule has 0 heterocycles. The molecule has 0 radical (unpaired) electrons. The molecule has 0 unspecified atom stereocenters. The molecule has 16 heavy (non-hydrogen) atoms. The van der Waals surface area contributed by atoms with Crippen molar-refractivity contribution in [3.63, 3.8) is 0 Å². The van der Waals surface area contributed by atoms with Crippen molar-refractivity contribution in [1.82, 2.24) is 0 Å². The van der Waals surface area contributed by atoms with Gasteiger partial charge in [0.05, 0.1) is 19.1 Å². The van der Waals surface area contributed by atoms with Crippen molar-refractivity contribution in [2.24, 2.45) is 5.92 Å². The largest absolute Gasteiger partial charge is 0.481 e. The molecule has 0 aliphatic rings. The molecular weight excluding hydrogens is 218 g/mol. The Balaban J connectivity index is 2.46. The highest BCUT2D eigenvalue weighted by atomic mass is 19.1. The minimum absolute atomic E-state index is 0.00779. The smallest absolute Gasteiger partial charge is 0.308 e. The van der Waals surface area contributed by atoms with Crippen LogP contribution in [0.25, 0.3) is 0 Å². The third kappa shape index (κ3) is 3.58. The predicted molar refractivity (Wildman–Crippen MR) is 52.8 cm³/mol. The fourth-order valence-corrected chi connectivity index (χ4v) is 1.06. The highest BCUT2D eigenvalue weighted by Crippen LogP contribution is 2.11. The lowest BCUT2D eigenvalue weighted by Gasteiger charge is -2.08. The average Bonchev–Trinajstić information content (AvgIpc) is 2.20. The van der Waals surface area contributed by atoms with Crippen molar-refractivity contribution in [2.45, 2.75) is 13.5 Å². The van der Waals surface area contributed by atoms with Gasteiger partial charge in [0.2, 0.25) is 0 Å². The van der Waals surface area contributed by atoms with E-state index in [4.69, 9.17) is 9.84 Å². The van der Waals surface area contributed by atoms with E-state index in [1.165, 1.54) is 13.0 Å². The Morgan fingerprint density at radius 1 is 1.50 bits per heavy atom. The van der Waals surface area contributed by atoms with E-state index in [9.17, 15) is 13.6 Å². The van der Waals surface area contributed by atoms with E-state index in [2.05, 4.69) is 0 Å². The predicted octanol–water partition coefficient (Wildman–Crippen LogP) is 2.20. The molecule has 88 valence electrons. The van der Waals surface area contributed by atoms with E-state index in [0.717, 1.165) is 12.1 Å². The van der Waals surface area contributed by atoms with Crippen LogP contribution < -0.4 is 0 Å². The Hall–Kier alpha value is -1.49. The molecule has 1 aromatic carbocycles. The Labute approximate surface area is 91.7 Å². The number of benzene rings is 1. The van der Waals surface area contributed by atoms with E-state index in [-0.39, 0.29) is 18.8 Å². The first-order valence-electron chi connectivity index (χ1n) is 4.75. The van der Waals surface area contributed by atoms with Crippen molar-refractivity contribution >= 4 is 5.97 Å². The fourth-order valence-electron chi connectivity index (χ4n) is 1.06. The summed E-state index contributed by atoms with van der Waals surface area (Å²) < 4.78 is 30.7. The van der Waals surface area contributed by atoms with Crippen molar-refractivity contribution in [1.29, 1.82) is 0 Å². The number of rotatable bonds is 5. The van der Waals surface area contributed by atoms with Gasteiger partial charge in [-0.05, 0) is 13.0 Å². The molecule has 1 atom stereocenters. The number of ether oxygens (including phenoxy) is 1. The summed E-state index contributed by atoms with van der Waals surface area (Å²) in [4.78, 5) is 10.4. The summed E-state index contributed by atoms with van der Waals surface area (Å²) in [5.41, 5.74) is 0.207. The monoisotopic (exact) mass is 230 g/mol. The lowest BCUT2D eigenvalue weighted by atomic mass is 10.2. The molecule has 0 saturated carbocycles. The first-order valence-corrected chi connectivity index (χ1v) is 4.75. The van der Waals surface area contributed by atoms with Gasteiger partial charge in [0.1, 0.15) is 11.6 Å². The molecule has 0 saturated heterocycles. The van der Waals surface area contributed by atoms with Gasteiger partial charge in [0.15, 0.2) is 0 Å². The zero-order valence-electron chi connectivity index (χ0n) is 8.74. The van der Waals surface area contributed by atoms with Gasteiger partial charge in [-0.25, -0.2) is 8.78 Å². The Morgan fingerprint density at radius 3 is 2.75 bits per heavy atom. The second kappa shape index (κ2) is 5.55. The number of halogens is 2. The molecule has 0 aliphatic heterocycles. The van der Waals surface area contributed by atoms with Crippen LogP contribution in [0.5, 0.6) is 0 Å². The zero-order chi connectivity index (χ0) is 12.1. The summed E-state index contributed by atoms with van der Waals surface area (Å²) >= 11 is 0. The van der Waals surface area contributed by atoms with E-state index in [1.54, 1.807) is 0 Å². The third-order valence-electron chi connectivity index (χ3n) is 2.06. The molecule has 1 rings (SSSR count). The van der Waals surface area contributed by atoms with Gasteiger partial charge in [-0.3, -0.25) is 4.79 Å². The maximum absolute atomic E-state index is 13.1. The molecule has 0 spiro atoms. The van der Waals surface area contributed by atoms with Gasteiger partial charge in [0.25, 0.3) is 0 Å². The molecular formula is C11H12F2O3. The Bertz CT molecular complexity index is 379. The third-order valence-corrected chi connectivity index (χ3v) is 2.06. The number of aliphatic carboxylic acids is 1. The average molecular weight is 230 g/mol. The maximum Gasteiger partial charge on any atom is 0.308 e. The van der Waals surface area contributed by atoms with Gasteiger partial charge in [-0.2, -0.15) is 0 Å². The van der Waals surface area contributed by atoms with Crippen LogP contribution in [-0.4, -0.2) is 17.7 Å². The van der Waals surface area contributed by atoms with E-state index < -0.39 is 23.5 Å². The van der Waals surface area contributed by atoms with Gasteiger partial charge < -0.3 is 9.84 Å². The van der Waals surface area contributed by atoms with Gasteiger partial charge in [-0.1, -0.05) is 6.07 Å². The van der Waals surface area contributed by atoms with Crippen LogP contribution in [0.4, 0.5) is 8.78 Å². The molecule has 0 aromatic heterocycles. The Morgan fingerprint density at radius 2 is 2.19 bits per heavy atom. The summed E-state index contributed by atoms with van der Waals surface area (Å²) in [5, 5.41) is 8.57. The minimum atomic E-state index is -0.973. The maximum atomic E-state index is 13.1. The lowest BCUT2D eigenvalue weighted by Crippen LogP contribution is -2.16. The second-order valence-corrected chi connectivity index (χ2v) is 3.49. The highest BCUT2D eigenvalue weighted by molar-refractivity contribution is 5.69. The Kier molecular flexibility index (Phi) is 4.37. The lowest BCUT2D eigenvalue weighted by molar-refractivity contribution is -0.143. The summed E-state index contributed by atoms with van der Waals surface area (Å²) in [6.45, 7) is 1.42. The summed E-state index contributed by atoms with van der Waals surface area (Å²) in [6, 6.07) is 3.16. The molecule has 3 nitrogen and oxygen atoms in total. The SMILES string of the molecule is C[C@H](COCc1ccc(F)cc1F)C(=O)O. The van der Waals surface area contributed by atoms with E-state index in [0.29, 0.717) is 0 Å². The molecule has 0 amide bonds. The number of carboxylic acids is 1. The quantitative estimate of drug-likeness (QED) is 0.843. The summed E-state index contributed by atoms with van der Waals surface area (Å²) in [7, 11) is 0. The van der Waals surface area contributed by atoms with Crippen LogP contribution in [0.1, 0.15) is 12.5 Å². The highest BCUT2D eigenvalue weighted by Gasteiger charge is 2.11. The molecule has 1 N–H and O–H groups in total. The molecule has 0 fully saturated rings. The van der Waals surface area contributed by atoms with Gasteiger partial charge in [-0.15, -0.1) is 0 Å². The standard InChI is InChI=1S/C11H12F2O3/c1-7(11(14)15)5-16-6-8-2-3-9(12)4-10(8)13/h2-4,7H,5-6H2,1H3,(H,14,15)/t7-/m1/s1. The summed E-state index contributed by atoms with van der Waals surface area (Å²) in [5.74, 6) is -2.97. The van der Waals surface area contributed by atoms with Crippen molar-refractivity contribution < 1.29 is 23.4 Å². The van der Waals surface area contributed by atoms with Gasteiger partial charge >= 0.3 is 5.97 Å². The molecule has 1 aromatic rings. The number of carboxylic acid groups (broad SMARTS) is 1. The molecule has 0 bridgehead atoms. The molecule has 5 heteroatoms. The van der Waals surface area contributed by atoms with E-state index in [1.807, 2.05) is 0 Å². The van der Waals surface area contributed by atoms with Crippen LogP contribution in [-0.2, 0) is 16.1 Å². The molecule has 0 aliphatic carbocycles. The van der Waals surface area contributed by atoms with Crippen LogP contribution in [0.2, 0.25) is 0 Å². The second-order valence-electron chi connectivity index (χ2n) is 3.49. The topological polar surface area (TPSA) is 46.5 Å². The van der Waals surface area contributed by atoms with Crippen molar-refractivity contribution in [2.75, 3.05) is 6.61 Å². The van der Waals surface area contributed by atoms with Crippen molar-refractivity contribution in [3.8, 4) is 0 Å². The van der Waals surface area contributed by atoms with Gasteiger partial charge in [0, 0.05) is 11.6 Å². The van der Waals surface area contributed by atoms with E-state index >= 15 is 0 Å². The first kappa shape index (κ1) is 12.6. The van der Waals surface area contributed by atoms with Crippen molar-refractivity contribution in [3.05, 3.63) is 35.4 Å². The number of hydrogen-bond donors (Lipinski definition) is 1. The van der Waals surface area contributed by atoms with Crippen LogP contribution in [0.15, 0.2) is 18.2 Å². The number of hydrogen-bond acceptors (Lipinski definition) is 2. The van der Waals surface area contributed by atoms with Crippen LogP contribution >= 0.6 is 0 Å². The first-order chi connectivity index (χ1) is 7.50. The minimum Gasteiger partial charge on any atom is -0.481 e. The summed E-state index contributed by atoms with van der Waals surface area (Å²) in [6.07, 6.45) is 0. The number of carbonyl (C=O) groups is 1.